The molecule has 4 heteroatoms. The first-order valence-corrected chi connectivity index (χ1v) is 6.99. The van der Waals surface area contributed by atoms with Crippen molar-refractivity contribution in [1.82, 2.24) is 15.5 Å². The van der Waals surface area contributed by atoms with Crippen LogP contribution in [0.4, 0.5) is 4.79 Å². The number of nitrogens with zero attached hydrogens (tertiary/aromatic N) is 1. The third-order valence-electron chi connectivity index (χ3n) is 3.63. The molecule has 2 unspecified atom stereocenters. The first-order valence-electron chi connectivity index (χ1n) is 6.99. The molecule has 1 aliphatic rings. The highest BCUT2D eigenvalue weighted by Gasteiger charge is 2.31. The van der Waals surface area contributed by atoms with E-state index in [9.17, 15) is 4.79 Å². The lowest BCUT2D eigenvalue weighted by Crippen LogP contribution is -2.44. The van der Waals surface area contributed by atoms with Gasteiger partial charge in [0, 0.05) is 33.2 Å². The fourth-order valence-electron chi connectivity index (χ4n) is 3.11. The second-order valence-corrected chi connectivity index (χ2v) is 6.69. The molecule has 0 radical (unpaired) electrons. The van der Waals surface area contributed by atoms with Gasteiger partial charge in [0.25, 0.3) is 0 Å². The van der Waals surface area contributed by atoms with Crippen LogP contribution in [0.25, 0.3) is 0 Å². The van der Waals surface area contributed by atoms with Gasteiger partial charge in [-0.3, -0.25) is 0 Å². The largest absolute Gasteiger partial charge is 0.337 e. The molecular weight excluding hydrogens is 226 g/mol. The van der Waals surface area contributed by atoms with Crippen LogP contribution in [0.3, 0.4) is 0 Å². The normalized spacial score (nSPS) is 26.7. The summed E-state index contributed by atoms with van der Waals surface area (Å²) in [5, 5.41) is 6.45. The maximum absolute atomic E-state index is 11.3. The van der Waals surface area contributed by atoms with Gasteiger partial charge in [-0.05, 0) is 30.6 Å². The van der Waals surface area contributed by atoms with Crippen LogP contribution in [0.5, 0.6) is 0 Å². The molecule has 0 aliphatic heterocycles. The van der Waals surface area contributed by atoms with Crippen LogP contribution in [0.15, 0.2) is 0 Å². The number of carbonyl (C=O) groups is 1. The third-order valence-corrected chi connectivity index (χ3v) is 3.63. The highest BCUT2D eigenvalue weighted by atomic mass is 16.2. The summed E-state index contributed by atoms with van der Waals surface area (Å²) >= 11 is 0. The Balaban J connectivity index is 2.21. The Morgan fingerprint density at radius 3 is 2.50 bits per heavy atom. The molecule has 2 atom stereocenters. The van der Waals surface area contributed by atoms with Crippen LogP contribution in [0.2, 0.25) is 0 Å². The topological polar surface area (TPSA) is 44.4 Å². The average molecular weight is 255 g/mol. The average Bonchev–Trinajstić information content (AvgIpc) is 2.21. The van der Waals surface area contributed by atoms with E-state index in [1.165, 1.54) is 19.3 Å². The van der Waals surface area contributed by atoms with Crippen molar-refractivity contribution in [3.8, 4) is 0 Å². The molecule has 0 heterocycles. The van der Waals surface area contributed by atoms with Gasteiger partial charge in [-0.15, -0.1) is 0 Å². The maximum Gasteiger partial charge on any atom is 0.316 e. The molecule has 4 nitrogen and oxygen atoms in total. The number of carbonyl (C=O) groups excluding carboxylic acids is 1. The van der Waals surface area contributed by atoms with E-state index in [-0.39, 0.29) is 6.03 Å². The zero-order chi connectivity index (χ0) is 13.8. The molecule has 1 aliphatic carbocycles. The van der Waals surface area contributed by atoms with Gasteiger partial charge in [-0.2, -0.15) is 0 Å². The minimum atomic E-state index is -0.0193. The second kappa shape index (κ2) is 6.41. The van der Waals surface area contributed by atoms with Crippen molar-refractivity contribution in [3.05, 3.63) is 0 Å². The van der Waals surface area contributed by atoms with E-state index >= 15 is 0 Å². The van der Waals surface area contributed by atoms with E-state index in [0.29, 0.717) is 18.0 Å². The van der Waals surface area contributed by atoms with Crippen molar-refractivity contribution in [2.45, 2.75) is 46.1 Å². The summed E-state index contributed by atoms with van der Waals surface area (Å²) < 4.78 is 0. The lowest BCUT2D eigenvalue weighted by molar-refractivity contribution is 0.151. The molecule has 1 fully saturated rings. The molecule has 1 rings (SSSR count). The number of urea groups is 1. The molecular formula is C14H29N3O. The zero-order valence-electron chi connectivity index (χ0n) is 12.5. The van der Waals surface area contributed by atoms with Crippen molar-refractivity contribution in [1.29, 1.82) is 0 Å². The maximum atomic E-state index is 11.3. The molecule has 0 aromatic carbocycles. The summed E-state index contributed by atoms with van der Waals surface area (Å²) in [5.74, 6) is 0.794. The Labute approximate surface area is 111 Å². The Morgan fingerprint density at radius 1 is 1.28 bits per heavy atom. The molecule has 18 heavy (non-hydrogen) atoms. The molecule has 2 N–H and O–H groups in total. The summed E-state index contributed by atoms with van der Waals surface area (Å²) in [6, 6.07) is 0.578. The van der Waals surface area contributed by atoms with E-state index in [1.807, 2.05) is 0 Å². The van der Waals surface area contributed by atoms with Crippen LogP contribution >= 0.6 is 0 Å². The fraction of sp³-hybridized carbons (Fsp3) is 0.929. The molecule has 0 saturated heterocycles. The molecule has 106 valence electrons. The second-order valence-electron chi connectivity index (χ2n) is 6.69. The van der Waals surface area contributed by atoms with Crippen molar-refractivity contribution in [2.24, 2.45) is 11.3 Å². The highest BCUT2D eigenvalue weighted by Crippen LogP contribution is 2.38. The van der Waals surface area contributed by atoms with Crippen LogP contribution in [-0.4, -0.2) is 44.2 Å². The number of rotatable bonds is 4. The SMILES string of the molecule is CC1CC(NCCNC(=O)N(C)C)CC(C)(C)C1. The summed E-state index contributed by atoms with van der Waals surface area (Å²) in [4.78, 5) is 12.9. The van der Waals surface area contributed by atoms with Gasteiger partial charge in [0.1, 0.15) is 0 Å². The molecule has 0 aromatic heterocycles. The minimum absolute atomic E-state index is 0.0193. The quantitative estimate of drug-likeness (QED) is 0.755. The van der Waals surface area contributed by atoms with Crippen molar-refractivity contribution >= 4 is 6.03 Å². The van der Waals surface area contributed by atoms with E-state index < -0.39 is 0 Å². The minimum Gasteiger partial charge on any atom is -0.337 e. The van der Waals surface area contributed by atoms with Crippen LogP contribution < -0.4 is 10.6 Å². The molecule has 0 bridgehead atoms. The van der Waals surface area contributed by atoms with E-state index in [0.717, 1.165) is 12.5 Å². The third kappa shape index (κ3) is 5.25. The van der Waals surface area contributed by atoms with Gasteiger partial charge in [0.2, 0.25) is 0 Å². The fourth-order valence-corrected chi connectivity index (χ4v) is 3.11. The van der Waals surface area contributed by atoms with Crippen molar-refractivity contribution in [3.63, 3.8) is 0 Å². The van der Waals surface area contributed by atoms with Crippen molar-refractivity contribution in [2.75, 3.05) is 27.2 Å². The van der Waals surface area contributed by atoms with Crippen molar-refractivity contribution < 1.29 is 4.79 Å². The van der Waals surface area contributed by atoms with Gasteiger partial charge in [0.15, 0.2) is 0 Å². The summed E-state index contributed by atoms with van der Waals surface area (Å²) in [5.41, 5.74) is 0.447. The lowest BCUT2D eigenvalue weighted by Gasteiger charge is -2.39. The number of nitrogens with one attached hydrogen (secondary N) is 2. The first-order chi connectivity index (χ1) is 8.30. The van der Waals surface area contributed by atoms with Gasteiger partial charge in [-0.25, -0.2) is 4.79 Å². The summed E-state index contributed by atoms with van der Waals surface area (Å²) in [6.07, 6.45) is 3.81. The summed E-state index contributed by atoms with van der Waals surface area (Å²) in [7, 11) is 3.52. The van der Waals surface area contributed by atoms with E-state index in [4.69, 9.17) is 0 Å². The van der Waals surface area contributed by atoms with Gasteiger partial charge >= 0.3 is 6.03 Å². The Bertz CT molecular complexity index is 276. The van der Waals surface area contributed by atoms with Crippen LogP contribution in [0.1, 0.15) is 40.0 Å². The number of amides is 2. The smallest absolute Gasteiger partial charge is 0.316 e. The molecule has 0 aromatic rings. The van der Waals surface area contributed by atoms with Crippen LogP contribution in [0, 0.1) is 11.3 Å². The molecule has 0 spiro atoms. The lowest BCUT2D eigenvalue weighted by atomic mass is 9.70. The Kier molecular flexibility index (Phi) is 5.45. The number of hydrogen-bond acceptors (Lipinski definition) is 2. The predicted molar refractivity (Wildman–Crippen MR) is 75.7 cm³/mol. The molecule has 1 saturated carbocycles. The van der Waals surface area contributed by atoms with Gasteiger partial charge in [0.05, 0.1) is 0 Å². The zero-order valence-corrected chi connectivity index (χ0v) is 12.5. The standard InChI is InChI=1S/C14H29N3O/c1-11-8-12(10-14(2,3)9-11)15-6-7-16-13(18)17(4)5/h11-12,15H,6-10H2,1-5H3,(H,16,18). The monoisotopic (exact) mass is 255 g/mol. The van der Waals surface area contributed by atoms with E-state index in [2.05, 4.69) is 31.4 Å². The van der Waals surface area contributed by atoms with Gasteiger partial charge < -0.3 is 15.5 Å². The number of hydrogen-bond donors (Lipinski definition) is 2. The highest BCUT2D eigenvalue weighted by molar-refractivity contribution is 5.73. The Morgan fingerprint density at radius 2 is 1.94 bits per heavy atom. The molecule has 2 amide bonds. The first kappa shape index (κ1) is 15.3. The van der Waals surface area contributed by atoms with E-state index in [1.54, 1.807) is 19.0 Å². The Hall–Kier alpha value is -0.770. The van der Waals surface area contributed by atoms with Crippen LogP contribution in [-0.2, 0) is 0 Å². The van der Waals surface area contributed by atoms with Gasteiger partial charge in [-0.1, -0.05) is 20.8 Å². The summed E-state index contributed by atoms with van der Waals surface area (Å²) in [6.45, 7) is 8.59. The predicted octanol–water partition coefficient (Wildman–Crippen LogP) is 2.06.